The molecule has 6 rings (SSSR count). The van der Waals surface area contributed by atoms with Gasteiger partial charge in [-0.2, -0.15) is 0 Å². The molecule has 0 fully saturated rings. The molecule has 0 saturated carbocycles. The first-order chi connectivity index (χ1) is 19.5. The normalized spacial score (nSPS) is 16.9. The topological polar surface area (TPSA) is 0 Å². The predicted octanol–water partition coefficient (Wildman–Crippen LogP) is 5.28. The standard InChI is InChI=1S/C23H27.C17H15.2ClH.Zr/c1-15(2)18-13-19-11-16(3)12-21(22(19)14-18)17-7-9-20(10-8-17)23(4,5)6;1-12-8-15-9-13(2)11-17(15)16(10-12)14-6-4-3-5-7-14;;;/h7-15H,1-6H3;3-11H,1-2H3;2*1H;/q;;;;+2/p-2. The van der Waals surface area contributed by atoms with Gasteiger partial charge >= 0.3 is 261 Å². The van der Waals surface area contributed by atoms with E-state index >= 15 is 0 Å². The molecule has 2 unspecified atom stereocenters. The molecule has 4 aromatic rings. The summed E-state index contributed by atoms with van der Waals surface area (Å²) in [6, 6.07) is 30.1. The van der Waals surface area contributed by atoms with Crippen LogP contribution < -0.4 is 24.8 Å². The quantitative estimate of drug-likeness (QED) is 0.269. The van der Waals surface area contributed by atoms with Crippen molar-refractivity contribution in [3.8, 4) is 22.3 Å². The van der Waals surface area contributed by atoms with Gasteiger partial charge in [0.1, 0.15) is 0 Å². The summed E-state index contributed by atoms with van der Waals surface area (Å²) in [6.45, 7) is 18.6. The molecule has 2 aliphatic carbocycles. The van der Waals surface area contributed by atoms with Crippen molar-refractivity contribution in [3.63, 3.8) is 0 Å². The Labute approximate surface area is 283 Å². The summed E-state index contributed by atoms with van der Waals surface area (Å²) >= 11 is -0.956. The molecule has 220 valence electrons. The molecule has 0 saturated heterocycles. The maximum Gasteiger partial charge on any atom is -1.00 e. The van der Waals surface area contributed by atoms with Crippen LogP contribution >= 0.6 is 0 Å². The van der Waals surface area contributed by atoms with Gasteiger partial charge in [0.25, 0.3) is 0 Å². The van der Waals surface area contributed by atoms with Crippen molar-refractivity contribution < 1.29 is 48.0 Å². The second kappa shape index (κ2) is 13.0. The van der Waals surface area contributed by atoms with E-state index in [0.717, 1.165) is 0 Å². The molecule has 2 atom stereocenters. The number of halogens is 2. The number of allylic oxidation sites excluding steroid dienone is 2. The van der Waals surface area contributed by atoms with Crippen molar-refractivity contribution in [1.82, 2.24) is 0 Å². The molecule has 43 heavy (non-hydrogen) atoms. The molecule has 0 aliphatic heterocycles. The fourth-order valence-corrected chi connectivity index (χ4v) is 12.0. The Balaban J connectivity index is 0.00000212. The molecule has 0 amide bonds. The Morgan fingerprint density at radius 2 is 1.14 bits per heavy atom. The molecule has 0 nitrogen and oxygen atoms in total. The van der Waals surface area contributed by atoms with Crippen molar-refractivity contribution in [2.75, 3.05) is 0 Å². The number of rotatable bonds is 5. The summed E-state index contributed by atoms with van der Waals surface area (Å²) in [7, 11) is 0. The van der Waals surface area contributed by atoms with Crippen LogP contribution in [0.25, 0.3) is 34.4 Å². The Morgan fingerprint density at radius 1 is 0.628 bits per heavy atom. The van der Waals surface area contributed by atoms with Crippen molar-refractivity contribution in [2.24, 2.45) is 5.92 Å². The van der Waals surface area contributed by atoms with E-state index in [1.54, 1.807) is 22.3 Å². The van der Waals surface area contributed by atoms with E-state index in [0.29, 0.717) is 13.2 Å². The minimum absolute atomic E-state index is 0. The first kappa shape index (κ1) is 33.7. The fraction of sp³-hybridized carbons (Fsp3) is 0.300. The summed E-state index contributed by atoms with van der Waals surface area (Å²) in [6.07, 6.45) is 5.09. The molecular formula is C40H42Cl2Zr. The number of fused-ring (bicyclic) bond motifs is 2. The molecule has 0 aromatic heterocycles. The van der Waals surface area contributed by atoms with Gasteiger partial charge in [-0.15, -0.1) is 0 Å². The Bertz CT molecular complexity index is 1690. The van der Waals surface area contributed by atoms with E-state index in [4.69, 9.17) is 0 Å². The van der Waals surface area contributed by atoms with E-state index in [1.807, 2.05) is 0 Å². The van der Waals surface area contributed by atoms with E-state index in [-0.39, 0.29) is 30.2 Å². The van der Waals surface area contributed by atoms with Crippen LogP contribution in [0.3, 0.4) is 0 Å². The van der Waals surface area contributed by atoms with Crippen molar-refractivity contribution in [2.45, 2.75) is 68.1 Å². The molecule has 0 bridgehead atoms. The third-order valence-electron chi connectivity index (χ3n) is 8.95. The molecule has 0 N–H and O–H groups in total. The molecular weight excluding hydrogens is 643 g/mol. The number of hydrogen-bond donors (Lipinski definition) is 0. The molecule has 0 heterocycles. The summed E-state index contributed by atoms with van der Waals surface area (Å²) < 4.78 is 1.20. The van der Waals surface area contributed by atoms with Crippen LogP contribution in [0.15, 0.2) is 90.0 Å². The third-order valence-corrected chi connectivity index (χ3v) is 14.1. The first-order valence-corrected chi connectivity index (χ1v) is 18.0. The smallest absolute Gasteiger partial charge is 1.00 e. The molecule has 0 spiro atoms. The molecule has 2 aliphatic rings. The summed E-state index contributed by atoms with van der Waals surface area (Å²) in [5.74, 6) is 0.548. The van der Waals surface area contributed by atoms with Gasteiger partial charge in [0.05, 0.1) is 0 Å². The minimum atomic E-state index is -0.956. The van der Waals surface area contributed by atoms with Gasteiger partial charge < -0.3 is 24.8 Å². The van der Waals surface area contributed by atoms with Crippen LogP contribution in [0.4, 0.5) is 0 Å². The third kappa shape index (κ3) is 6.47. The number of hydrogen-bond acceptors (Lipinski definition) is 0. The zero-order chi connectivity index (χ0) is 29.1. The molecule has 3 heteroatoms. The van der Waals surface area contributed by atoms with Gasteiger partial charge in [0, 0.05) is 0 Å². The Morgan fingerprint density at radius 3 is 1.67 bits per heavy atom. The van der Waals surface area contributed by atoms with Gasteiger partial charge in [0.2, 0.25) is 0 Å². The predicted molar refractivity (Wildman–Crippen MR) is 174 cm³/mol. The average Bonchev–Trinajstić information content (AvgIpc) is 3.45. The van der Waals surface area contributed by atoms with E-state index in [9.17, 15) is 0 Å². The van der Waals surface area contributed by atoms with Gasteiger partial charge in [-0.05, 0) is 0 Å². The number of aryl methyl sites for hydroxylation is 2. The molecule has 4 aromatic carbocycles. The minimum Gasteiger partial charge on any atom is -1.00 e. The largest absolute Gasteiger partial charge is 1.00 e. The molecule has 0 radical (unpaired) electrons. The summed E-state index contributed by atoms with van der Waals surface area (Å²) in [4.78, 5) is 0. The second-order valence-electron chi connectivity index (χ2n) is 13.5. The zero-order valence-electron chi connectivity index (χ0n) is 26.6. The SMILES string of the molecule is CC1=Cc2c(-c3ccccc3)cc(C)cc2[CH]1[Zr+2][CH]1C(C(C)C)=Cc2c(-c3ccc(C(C)(C)C)cc3)cc(C)cc21.[Cl-].[Cl-]. The maximum atomic E-state index is 2.58. The van der Waals surface area contributed by atoms with Crippen LogP contribution in [0.1, 0.15) is 87.7 Å². The van der Waals surface area contributed by atoms with E-state index in [2.05, 4.69) is 146 Å². The zero-order valence-corrected chi connectivity index (χ0v) is 30.6. The van der Waals surface area contributed by atoms with Crippen molar-refractivity contribution >= 4 is 12.2 Å². The average molecular weight is 685 g/mol. The van der Waals surface area contributed by atoms with Crippen LogP contribution in [0.2, 0.25) is 0 Å². The Hall–Kier alpha value is -2.18. The van der Waals surface area contributed by atoms with Crippen LogP contribution in [-0.4, -0.2) is 0 Å². The van der Waals surface area contributed by atoms with Gasteiger partial charge in [0.15, 0.2) is 0 Å². The van der Waals surface area contributed by atoms with Crippen LogP contribution in [0, 0.1) is 19.8 Å². The van der Waals surface area contributed by atoms with E-state index < -0.39 is 23.2 Å². The van der Waals surface area contributed by atoms with Gasteiger partial charge in [-0.3, -0.25) is 0 Å². The number of benzene rings is 4. The first-order valence-electron chi connectivity index (χ1n) is 15.1. The summed E-state index contributed by atoms with van der Waals surface area (Å²) in [5.41, 5.74) is 19.1. The maximum absolute atomic E-state index is 2.58. The van der Waals surface area contributed by atoms with Crippen molar-refractivity contribution in [1.29, 1.82) is 0 Å². The van der Waals surface area contributed by atoms with Crippen LogP contribution in [0.5, 0.6) is 0 Å². The fourth-order valence-electron chi connectivity index (χ4n) is 6.76. The van der Waals surface area contributed by atoms with Gasteiger partial charge in [-0.1, -0.05) is 0 Å². The van der Waals surface area contributed by atoms with Crippen LogP contribution in [-0.2, 0) is 28.6 Å². The van der Waals surface area contributed by atoms with Gasteiger partial charge in [-0.25, -0.2) is 0 Å². The monoisotopic (exact) mass is 682 g/mol. The summed E-state index contributed by atoms with van der Waals surface area (Å²) in [5, 5.41) is 0. The van der Waals surface area contributed by atoms with E-state index in [1.165, 1.54) is 50.1 Å². The second-order valence-corrected chi connectivity index (χ2v) is 17.2. The van der Waals surface area contributed by atoms with Crippen molar-refractivity contribution in [3.05, 3.63) is 129 Å². The Kier molecular flexibility index (Phi) is 10.2.